The fourth-order valence-electron chi connectivity index (χ4n) is 0.970. The highest BCUT2D eigenvalue weighted by atomic mass is 16.7. The van der Waals surface area contributed by atoms with E-state index >= 15 is 0 Å². The molecule has 0 aliphatic carbocycles. The minimum Gasteiger partial charge on any atom is -0.481 e. The van der Waals surface area contributed by atoms with E-state index in [-0.39, 0.29) is 0 Å². The zero-order chi connectivity index (χ0) is 20.0. The van der Waals surface area contributed by atoms with E-state index in [0.717, 1.165) is 27.9 Å². The summed E-state index contributed by atoms with van der Waals surface area (Å²) in [6.07, 6.45) is -5.74. The number of carbonyl (C=O) groups excluding carboxylic acids is 1. The van der Waals surface area contributed by atoms with Gasteiger partial charge in [0.1, 0.15) is 12.2 Å². The van der Waals surface area contributed by atoms with Gasteiger partial charge in [0, 0.05) is 20.8 Å². The molecule has 0 amide bonds. The largest absolute Gasteiger partial charge is 0.481 e. The second-order valence-electron chi connectivity index (χ2n) is 4.01. The van der Waals surface area contributed by atoms with E-state index in [1.165, 1.54) is 0 Å². The van der Waals surface area contributed by atoms with Gasteiger partial charge < -0.3 is 40.1 Å². The molecule has 1 rings (SSSR count). The van der Waals surface area contributed by atoms with Crippen LogP contribution in [0, 0.1) is 0 Å². The Labute approximate surface area is 136 Å². The standard InChI is InChI=1S/C6H10O6.3C2H4O2/c1-11-6(10)4-2(7)3(8)5(9)12-4;3*1-2(3)4/h2-5,7-9H,1H3;3*1H3,(H,3,4)/t2-,3+,4-,5+;;;/m0.../s1. The second-order valence-corrected chi connectivity index (χ2v) is 4.01. The molecule has 1 saturated heterocycles. The number of hydrogen-bond acceptors (Lipinski definition) is 9. The molecule has 0 aromatic heterocycles. The molecule has 0 aromatic rings. The van der Waals surface area contributed by atoms with Crippen molar-refractivity contribution in [2.24, 2.45) is 0 Å². The predicted molar refractivity (Wildman–Crippen MR) is 74.8 cm³/mol. The number of esters is 1. The van der Waals surface area contributed by atoms with Gasteiger partial charge in [0.05, 0.1) is 7.11 Å². The molecule has 24 heavy (non-hydrogen) atoms. The lowest BCUT2D eigenvalue weighted by Crippen LogP contribution is -2.36. The number of aliphatic carboxylic acids is 3. The van der Waals surface area contributed by atoms with Gasteiger partial charge in [-0.05, 0) is 0 Å². The molecule has 12 nitrogen and oxygen atoms in total. The van der Waals surface area contributed by atoms with Crippen LogP contribution >= 0.6 is 0 Å². The Hall–Kier alpha value is -2.28. The minimum absolute atomic E-state index is 0.821. The number of carbonyl (C=O) groups is 4. The molecule has 1 aliphatic rings. The van der Waals surface area contributed by atoms with Crippen molar-refractivity contribution in [2.75, 3.05) is 7.11 Å². The summed E-state index contributed by atoms with van der Waals surface area (Å²) in [5, 5.41) is 49.1. The van der Waals surface area contributed by atoms with Gasteiger partial charge in [0.2, 0.25) is 0 Å². The maximum absolute atomic E-state index is 10.8. The lowest BCUT2D eigenvalue weighted by atomic mass is 10.1. The Morgan fingerprint density at radius 1 is 0.792 bits per heavy atom. The monoisotopic (exact) mass is 358 g/mol. The predicted octanol–water partition coefficient (Wildman–Crippen LogP) is -2.13. The molecule has 4 atom stereocenters. The van der Waals surface area contributed by atoms with E-state index in [1.54, 1.807) is 0 Å². The molecule has 12 heteroatoms. The number of aliphatic hydroxyl groups is 3. The molecule has 0 aromatic carbocycles. The second kappa shape index (κ2) is 14.3. The van der Waals surface area contributed by atoms with Gasteiger partial charge in [0.15, 0.2) is 12.4 Å². The van der Waals surface area contributed by atoms with Gasteiger partial charge >= 0.3 is 5.97 Å². The van der Waals surface area contributed by atoms with Gasteiger partial charge in [-0.2, -0.15) is 0 Å². The Bertz CT molecular complexity index is 366. The smallest absolute Gasteiger partial charge is 0.337 e. The summed E-state index contributed by atoms with van der Waals surface area (Å²) in [4.78, 5) is 37.8. The first-order valence-corrected chi connectivity index (χ1v) is 6.13. The molecule has 1 aliphatic heterocycles. The Kier molecular flexibility index (Phi) is 15.9. The van der Waals surface area contributed by atoms with Crippen LogP contribution in [-0.4, -0.2) is 86.2 Å². The maximum atomic E-state index is 10.8. The molecule has 142 valence electrons. The molecular formula is C12H22O12. The molecule has 0 saturated carbocycles. The fourth-order valence-corrected chi connectivity index (χ4v) is 0.970. The van der Waals surface area contributed by atoms with Crippen molar-refractivity contribution in [1.29, 1.82) is 0 Å². The normalized spacial score (nSPS) is 23.8. The lowest BCUT2D eigenvalue weighted by molar-refractivity contribution is -0.168. The van der Waals surface area contributed by atoms with Gasteiger partial charge in [-0.25, -0.2) is 4.79 Å². The van der Waals surface area contributed by atoms with Gasteiger partial charge in [-0.1, -0.05) is 0 Å². The first-order valence-electron chi connectivity index (χ1n) is 6.13. The quantitative estimate of drug-likeness (QED) is 0.278. The molecule has 0 bridgehead atoms. The van der Waals surface area contributed by atoms with Crippen LogP contribution in [0.4, 0.5) is 0 Å². The van der Waals surface area contributed by atoms with Crippen molar-refractivity contribution in [3.63, 3.8) is 0 Å². The van der Waals surface area contributed by atoms with E-state index in [9.17, 15) is 4.79 Å². The van der Waals surface area contributed by atoms with Crippen LogP contribution in [0.5, 0.6) is 0 Å². The van der Waals surface area contributed by atoms with Crippen LogP contribution in [0.25, 0.3) is 0 Å². The van der Waals surface area contributed by atoms with E-state index in [1.807, 2.05) is 0 Å². The van der Waals surface area contributed by atoms with Gasteiger partial charge in [-0.3, -0.25) is 14.4 Å². The summed E-state index contributed by atoms with van der Waals surface area (Å²) in [6, 6.07) is 0. The van der Waals surface area contributed by atoms with Crippen molar-refractivity contribution < 1.29 is 59.3 Å². The van der Waals surface area contributed by atoms with Crippen molar-refractivity contribution in [1.82, 2.24) is 0 Å². The van der Waals surface area contributed by atoms with E-state index in [4.69, 9.17) is 45.0 Å². The van der Waals surface area contributed by atoms with Crippen LogP contribution in [0.1, 0.15) is 20.8 Å². The van der Waals surface area contributed by atoms with Gasteiger partial charge in [-0.15, -0.1) is 0 Å². The van der Waals surface area contributed by atoms with E-state index in [2.05, 4.69) is 9.47 Å². The highest BCUT2D eigenvalue weighted by Gasteiger charge is 2.46. The maximum Gasteiger partial charge on any atom is 0.337 e. The first-order chi connectivity index (χ1) is 10.8. The summed E-state index contributed by atoms with van der Waals surface area (Å²) in [6.45, 7) is 3.25. The first kappa shape index (κ1) is 26.6. The Morgan fingerprint density at radius 2 is 1.08 bits per heavy atom. The molecular weight excluding hydrogens is 336 g/mol. The highest BCUT2D eigenvalue weighted by molar-refractivity contribution is 5.75. The van der Waals surface area contributed by atoms with Crippen LogP contribution in [0.2, 0.25) is 0 Å². The number of ether oxygens (including phenoxy) is 2. The number of hydrogen-bond donors (Lipinski definition) is 6. The van der Waals surface area contributed by atoms with Crippen LogP contribution in [0.3, 0.4) is 0 Å². The average Bonchev–Trinajstić information content (AvgIpc) is 2.64. The van der Waals surface area contributed by atoms with E-state index < -0.39 is 48.5 Å². The topological polar surface area (TPSA) is 208 Å². The molecule has 0 unspecified atom stereocenters. The van der Waals surface area contributed by atoms with Crippen molar-refractivity contribution in [3.8, 4) is 0 Å². The highest BCUT2D eigenvalue weighted by Crippen LogP contribution is 2.20. The number of methoxy groups -OCH3 is 1. The zero-order valence-corrected chi connectivity index (χ0v) is 13.4. The molecule has 0 radical (unpaired) electrons. The van der Waals surface area contributed by atoms with Crippen molar-refractivity contribution in [3.05, 3.63) is 0 Å². The minimum atomic E-state index is -1.54. The molecule has 0 spiro atoms. The number of carboxylic acid groups (broad SMARTS) is 3. The third-order valence-corrected chi connectivity index (χ3v) is 1.67. The van der Waals surface area contributed by atoms with Crippen molar-refractivity contribution in [2.45, 2.75) is 45.4 Å². The summed E-state index contributed by atoms with van der Waals surface area (Å²) in [5.74, 6) is -3.32. The fraction of sp³-hybridized carbons (Fsp3) is 0.667. The van der Waals surface area contributed by atoms with Crippen LogP contribution < -0.4 is 0 Å². The summed E-state index contributed by atoms with van der Waals surface area (Å²) in [7, 11) is 1.12. The summed E-state index contributed by atoms with van der Waals surface area (Å²) < 4.78 is 8.77. The molecule has 6 N–H and O–H groups in total. The summed E-state index contributed by atoms with van der Waals surface area (Å²) >= 11 is 0. The van der Waals surface area contributed by atoms with Gasteiger partial charge in [0.25, 0.3) is 17.9 Å². The number of rotatable bonds is 1. The lowest BCUT2D eigenvalue weighted by Gasteiger charge is -2.10. The van der Waals surface area contributed by atoms with E-state index in [0.29, 0.717) is 0 Å². The van der Waals surface area contributed by atoms with Crippen LogP contribution in [-0.2, 0) is 28.7 Å². The van der Waals surface area contributed by atoms with Crippen LogP contribution in [0.15, 0.2) is 0 Å². The van der Waals surface area contributed by atoms with Crippen molar-refractivity contribution >= 4 is 23.9 Å². The zero-order valence-electron chi connectivity index (χ0n) is 13.4. The SMILES string of the molecule is CC(=O)O.CC(=O)O.CC(=O)O.COC(=O)[C@H]1O[C@@H](O)[C@H](O)[C@@H]1O. The third-order valence-electron chi connectivity index (χ3n) is 1.67. The number of aliphatic hydroxyl groups excluding tert-OH is 3. The number of carboxylic acids is 3. The summed E-state index contributed by atoms with van der Waals surface area (Å²) in [5.41, 5.74) is 0. The molecule has 1 fully saturated rings. The molecule has 1 heterocycles. The Balaban J connectivity index is -0.000000304. The average molecular weight is 358 g/mol. The Morgan fingerprint density at radius 3 is 1.25 bits per heavy atom. The third kappa shape index (κ3) is 17.8.